The van der Waals surface area contributed by atoms with Crippen molar-refractivity contribution in [3.63, 3.8) is 0 Å². The fourth-order valence-corrected chi connectivity index (χ4v) is 3.18. The molecule has 1 N–H and O–H groups in total. The van der Waals surface area contributed by atoms with Gasteiger partial charge in [0.25, 0.3) is 0 Å². The predicted molar refractivity (Wildman–Crippen MR) is 75.1 cm³/mol. The largest absolute Gasteiger partial charge is 0.478 e. The standard InChI is InChI=1S/C15H18N2O3/c1-9-16-13-7-10(15(18)19)3-6-14(13)17(9)11-4-5-12(8-11)20-2/h3,6-7,11-12H,4-5,8H2,1-2H3,(H,18,19). The van der Waals surface area contributed by atoms with E-state index >= 15 is 0 Å². The number of aryl methyl sites for hydroxylation is 1. The van der Waals surface area contributed by atoms with Crippen molar-refractivity contribution in [1.82, 2.24) is 9.55 Å². The number of benzene rings is 1. The number of aromatic nitrogens is 2. The number of carbonyl (C=O) groups is 1. The van der Waals surface area contributed by atoms with E-state index in [9.17, 15) is 4.79 Å². The molecule has 1 aromatic heterocycles. The van der Waals surface area contributed by atoms with Crippen LogP contribution in [-0.2, 0) is 4.74 Å². The molecule has 3 rings (SSSR count). The van der Waals surface area contributed by atoms with Gasteiger partial charge in [-0.2, -0.15) is 0 Å². The number of ether oxygens (including phenoxy) is 1. The summed E-state index contributed by atoms with van der Waals surface area (Å²) in [6.45, 7) is 1.97. The number of imidazole rings is 1. The number of aromatic carboxylic acids is 1. The summed E-state index contributed by atoms with van der Waals surface area (Å²) in [5.74, 6) is 0.0173. The zero-order valence-corrected chi connectivity index (χ0v) is 11.7. The molecule has 0 spiro atoms. The van der Waals surface area contributed by atoms with Crippen LogP contribution in [0.1, 0.15) is 41.5 Å². The Morgan fingerprint density at radius 3 is 2.90 bits per heavy atom. The highest BCUT2D eigenvalue weighted by Gasteiger charge is 2.28. The van der Waals surface area contributed by atoms with E-state index in [2.05, 4.69) is 9.55 Å². The highest BCUT2D eigenvalue weighted by molar-refractivity contribution is 5.92. The topological polar surface area (TPSA) is 64.4 Å². The van der Waals surface area contributed by atoms with Gasteiger partial charge >= 0.3 is 5.97 Å². The Morgan fingerprint density at radius 2 is 2.25 bits per heavy atom. The maximum absolute atomic E-state index is 11.0. The minimum atomic E-state index is -0.917. The number of fused-ring (bicyclic) bond motifs is 1. The van der Waals surface area contributed by atoms with Gasteiger partial charge in [0.05, 0.1) is 22.7 Å². The molecule has 0 bridgehead atoms. The van der Waals surface area contributed by atoms with Crippen molar-refractivity contribution in [3.8, 4) is 0 Å². The molecule has 2 unspecified atom stereocenters. The van der Waals surface area contributed by atoms with Crippen LogP contribution < -0.4 is 0 Å². The molecule has 1 aromatic carbocycles. The lowest BCUT2D eigenvalue weighted by molar-refractivity contribution is 0.0697. The molecule has 1 heterocycles. The first-order valence-corrected chi connectivity index (χ1v) is 6.85. The van der Waals surface area contributed by atoms with Crippen molar-refractivity contribution in [2.45, 2.75) is 38.3 Å². The van der Waals surface area contributed by atoms with E-state index in [1.54, 1.807) is 19.2 Å². The van der Waals surface area contributed by atoms with E-state index in [0.29, 0.717) is 12.1 Å². The minimum Gasteiger partial charge on any atom is -0.478 e. The van der Waals surface area contributed by atoms with Gasteiger partial charge in [-0.1, -0.05) is 0 Å². The van der Waals surface area contributed by atoms with Gasteiger partial charge in [-0.05, 0) is 44.4 Å². The van der Waals surface area contributed by atoms with Crippen molar-refractivity contribution in [2.75, 3.05) is 7.11 Å². The van der Waals surface area contributed by atoms with Gasteiger partial charge in [0, 0.05) is 13.2 Å². The summed E-state index contributed by atoms with van der Waals surface area (Å²) in [6.07, 6.45) is 3.44. The second-order valence-electron chi connectivity index (χ2n) is 5.36. The molecule has 5 heteroatoms. The molecule has 0 saturated heterocycles. The van der Waals surface area contributed by atoms with Crippen molar-refractivity contribution in [3.05, 3.63) is 29.6 Å². The van der Waals surface area contributed by atoms with Crippen molar-refractivity contribution in [2.24, 2.45) is 0 Å². The van der Waals surface area contributed by atoms with Crippen LogP contribution in [0.3, 0.4) is 0 Å². The van der Waals surface area contributed by atoms with Gasteiger partial charge in [0.1, 0.15) is 5.82 Å². The van der Waals surface area contributed by atoms with Crippen molar-refractivity contribution < 1.29 is 14.6 Å². The molecule has 5 nitrogen and oxygen atoms in total. The van der Waals surface area contributed by atoms with E-state index in [0.717, 1.165) is 36.1 Å². The molecule has 1 aliphatic carbocycles. The van der Waals surface area contributed by atoms with Crippen LogP contribution in [0.2, 0.25) is 0 Å². The number of hydrogen-bond donors (Lipinski definition) is 1. The summed E-state index contributed by atoms with van der Waals surface area (Å²) in [5, 5.41) is 9.05. The van der Waals surface area contributed by atoms with E-state index in [-0.39, 0.29) is 5.56 Å². The Morgan fingerprint density at radius 1 is 1.45 bits per heavy atom. The Labute approximate surface area is 117 Å². The molecule has 0 aliphatic heterocycles. The van der Waals surface area contributed by atoms with E-state index in [4.69, 9.17) is 9.84 Å². The Bertz CT molecular complexity index is 662. The summed E-state index contributed by atoms with van der Waals surface area (Å²) in [4.78, 5) is 15.5. The molecule has 1 saturated carbocycles. The average Bonchev–Trinajstić information content (AvgIpc) is 3.00. The normalized spacial score (nSPS) is 22.5. The number of carboxylic acids is 1. The Hall–Kier alpha value is -1.88. The molecule has 2 atom stereocenters. The van der Waals surface area contributed by atoms with Crippen LogP contribution in [0, 0.1) is 6.92 Å². The third kappa shape index (κ3) is 2.08. The second kappa shape index (κ2) is 4.90. The summed E-state index contributed by atoms with van der Waals surface area (Å²) in [6, 6.07) is 5.54. The quantitative estimate of drug-likeness (QED) is 0.934. The maximum Gasteiger partial charge on any atom is 0.335 e. The van der Waals surface area contributed by atoms with Gasteiger partial charge in [-0.3, -0.25) is 0 Å². The first-order chi connectivity index (χ1) is 9.60. The zero-order chi connectivity index (χ0) is 14.3. The third-order valence-electron chi connectivity index (χ3n) is 4.17. The van der Waals surface area contributed by atoms with Crippen molar-refractivity contribution >= 4 is 17.0 Å². The summed E-state index contributed by atoms with van der Waals surface area (Å²) in [7, 11) is 1.76. The molecule has 1 aliphatic rings. The highest BCUT2D eigenvalue weighted by atomic mass is 16.5. The van der Waals surface area contributed by atoms with Crippen LogP contribution in [0.25, 0.3) is 11.0 Å². The van der Waals surface area contributed by atoms with Gasteiger partial charge in [0.2, 0.25) is 0 Å². The highest BCUT2D eigenvalue weighted by Crippen LogP contribution is 2.35. The van der Waals surface area contributed by atoms with Crippen molar-refractivity contribution in [1.29, 1.82) is 0 Å². The van der Waals surface area contributed by atoms with E-state index in [1.165, 1.54) is 0 Å². The molecular weight excluding hydrogens is 256 g/mol. The van der Waals surface area contributed by atoms with E-state index in [1.807, 2.05) is 13.0 Å². The first-order valence-electron chi connectivity index (χ1n) is 6.85. The first kappa shape index (κ1) is 13.1. The molecule has 1 fully saturated rings. The number of rotatable bonds is 3. The lowest BCUT2D eigenvalue weighted by Crippen LogP contribution is -2.10. The fourth-order valence-electron chi connectivity index (χ4n) is 3.18. The lowest BCUT2D eigenvalue weighted by atomic mass is 10.2. The second-order valence-corrected chi connectivity index (χ2v) is 5.36. The van der Waals surface area contributed by atoms with Crippen LogP contribution >= 0.6 is 0 Å². The molecule has 0 amide bonds. The number of carboxylic acid groups (broad SMARTS) is 1. The van der Waals surface area contributed by atoms with Crippen LogP contribution in [0.5, 0.6) is 0 Å². The molecule has 106 valence electrons. The minimum absolute atomic E-state index is 0.281. The number of methoxy groups -OCH3 is 1. The zero-order valence-electron chi connectivity index (χ0n) is 11.7. The lowest BCUT2D eigenvalue weighted by Gasteiger charge is -2.15. The van der Waals surface area contributed by atoms with Gasteiger partial charge < -0.3 is 14.4 Å². The molecule has 0 radical (unpaired) electrons. The fraction of sp³-hybridized carbons (Fsp3) is 0.467. The third-order valence-corrected chi connectivity index (χ3v) is 4.17. The number of hydrogen-bond acceptors (Lipinski definition) is 3. The predicted octanol–water partition coefficient (Wildman–Crippen LogP) is 2.78. The maximum atomic E-state index is 11.0. The van der Waals surface area contributed by atoms with Gasteiger partial charge in [-0.15, -0.1) is 0 Å². The monoisotopic (exact) mass is 274 g/mol. The number of nitrogens with zero attached hydrogens (tertiary/aromatic N) is 2. The molecule has 2 aromatic rings. The molecule has 20 heavy (non-hydrogen) atoms. The summed E-state index contributed by atoms with van der Waals surface area (Å²) >= 11 is 0. The Kier molecular flexibility index (Phi) is 3.22. The smallest absolute Gasteiger partial charge is 0.335 e. The average molecular weight is 274 g/mol. The summed E-state index contributed by atoms with van der Waals surface area (Å²) < 4.78 is 7.65. The van der Waals surface area contributed by atoms with Crippen LogP contribution in [-0.4, -0.2) is 33.8 Å². The summed E-state index contributed by atoms with van der Waals surface area (Å²) in [5.41, 5.74) is 2.04. The van der Waals surface area contributed by atoms with Gasteiger partial charge in [-0.25, -0.2) is 9.78 Å². The van der Waals surface area contributed by atoms with Crippen LogP contribution in [0.4, 0.5) is 0 Å². The molecular formula is C15H18N2O3. The SMILES string of the molecule is COC1CCC(n2c(C)nc3cc(C(=O)O)ccc32)C1. The van der Waals surface area contributed by atoms with Gasteiger partial charge in [0.15, 0.2) is 0 Å². The van der Waals surface area contributed by atoms with Crippen LogP contribution in [0.15, 0.2) is 18.2 Å². The Balaban J connectivity index is 2.03. The van der Waals surface area contributed by atoms with E-state index < -0.39 is 5.97 Å².